The summed E-state index contributed by atoms with van der Waals surface area (Å²) < 4.78 is 27.5. The van der Waals surface area contributed by atoms with E-state index in [2.05, 4.69) is 10.4 Å². The number of nitrogens with one attached hydrogen (secondary N) is 1. The number of nitrogens with zero attached hydrogens (tertiary/aromatic N) is 2. The summed E-state index contributed by atoms with van der Waals surface area (Å²) in [7, 11) is 1.49. The zero-order chi connectivity index (χ0) is 20.5. The second-order valence-corrected chi connectivity index (χ2v) is 7.04. The van der Waals surface area contributed by atoms with Gasteiger partial charge in [-0.15, -0.1) is 0 Å². The van der Waals surface area contributed by atoms with Gasteiger partial charge < -0.3 is 10.4 Å². The molecule has 2 N–H and O–H groups in total. The van der Waals surface area contributed by atoms with Gasteiger partial charge in [0.1, 0.15) is 5.69 Å². The molecule has 0 atom stereocenters. The second kappa shape index (κ2) is 7.52. The van der Waals surface area contributed by atoms with Crippen LogP contribution in [0.15, 0.2) is 54.7 Å². The molecule has 0 fully saturated rings. The van der Waals surface area contributed by atoms with Gasteiger partial charge in [-0.3, -0.25) is 9.48 Å². The first-order chi connectivity index (χ1) is 13.2. The van der Waals surface area contributed by atoms with Gasteiger partial charge in [-0.1, -0.05) is 42.5 Å². The van der Waals surface area contributed by atoms with Crippen molar-refractivity contribution in [3.05, 3.63) is 71.5 Å². The van der Waals surface area contributed by atoms with Gasteiger partial charge in [0.25, 0.3) is 12.3 Å². The van der Waals surface area contributed by atoms with Crippen LogP contribution in [-0.4, -0.2) is 20.8 Å². The highest BCUT2D eigenvalue weighted by Gasteiger charge is 2.23. The van der Waals surface area contributed by atoms with Crippen LogP contribution in [0.2, 0.25) is 0 Å². The van der Waals surface area contributed by atoms with E-state index in [-0.39, 0.29) is 5.56 Å². The van der Waals surface area contributed by atoms with Crippen LogP contribution in [-0.2, 0) is 12.6 Å². The van der Waals surface area contributed by atoms with Crippen LogP contribution in [0.1, 0.15) is 41.9 Å². The number of anilines is 1. The molecule has 0 spiro atoms. The molecule has 0 radical (unpaired) electrons. The lowest BCUT2D eigenvalue weighted by atomic mass is 9.95. The molecule has 0 bridgehead atoms. The Labute approximate surface area is 161 Å². The zero-order valence-electron chi connectivity index (χ0n) is 15.8. The molecule has 1 heterocycles. The topological polar surface area (TPSA) is 67.2 Å². The van der Waals surface area contributed by atoms with Crippen LogP contribution in [0, 0.1) is 0 Å². The Morgan fingerprint density at radius 1 is 1.14 bits per heavy atom. The summed E-state index contributed by atoms with van der Waals surface area (Å²) in [6, 6.07) is 14.4. The van der Waals surface area contributed by atoms with Crippen molar-refractivity contribution in [3.63, 3.8) is 0 Å². The highest BCUT2D eigenvalue weighted by molar-refractivity contribution is 6.06. The van der Waals surface area contributed by atoms with Crippen LogP contribution in [0.4, 0.5) is 14.5 Å². The maximum absolute atomic E-state index is 13.1. The van der Waals surface area contributed by atoms with Crippen LogP contribution in [0.5, 0.6) is 0 Å². The summed E-state index contributed by atoms with van der Waals surface area (Å²) in [5.41, 5.74) is 1.14. The van der Waals surface area contributed by atoms with Gasteiger partial charge in [-0.25, -0.2) is 8.78 Å². The fraction of sp³-hybridized carbons (Fsp3) is 0.238. The summed E-state index contributed by atoms with van der Waals surface area (Å²) >= 11 is 0. The Balaban J connectivity index is 1.92. The van der Waals surface area contributed by atoms with Gasteiger partial charge >= 0.3 is 0 Å². The van der Waals surface area contributed by atoms with E-state index in [1.165, 1.54) is 17.9 Å². The molecule has 0 unspecified atom stereocenters. The first kappa shape index (κ1) is 19.7. The van der Waals surface area contributed by atoms with E-state index in [4.69, 9.17) is 0 Å². The quantitative estimate of drug-likeness (QED) is 0.679. The molecule has 3 rings (SSSR count). The molecule has 2 aromatic carbocycles. The first-order valence-corrected chi connectivity index (χ1v) is 8.72. The van der Waals surface area contributed by atoms with E-state index >= 15 is 0 Å². The molecular formula is C21H21F2N3O2. The van der Waals surface area contributed by atoms with Gasteiger partial charge in [0, 0.05) is 24.5 Å². The smallest absolute Gasteiger partial charge is 0.282 e. The molecule has 146 valence electrons. The van der Waals surface area contributed by atoms with Gasteiger partial charge in [-0.05, 0) is 31.0 Å². The number of amides is 1. The number of benzene rings is 2. The summed E-state index contributed by atoms with van der Waals surface area (Å²) in [4.78, 5) is 12.6. The number of alkyl halides is 2. The molecule has 28 heavy (non-hydrogen) atoms. The lowest BCUT2D eigenvalue weighted by Gasteiger charge is -2.18. The Bertz CT molecular complexity index is 990. The van der Waals surface area contributed by atoms with E-state index in [1.807, 2.05) is 36.4 Å². The van der Waals surface area contributed by atoms with E-state index in [0.717, 1.165) is 16.7 Å². The van der Waals surface area contributed by atoms with Crippen molar-refractivity contribution in [2.45, 2.75) is 25.9 Å². The Hall–Kier alpha value is -3.06. The number of carbonyl (C=O) groups is 1. The normalized spacial score (nSPS) is 11.7. The monoisotopic (exact) mass is 385 g/mol. The van der Waals surface area contributed by atoms with Gasteiger partial charge in [0.2, 0.25) is 0 Å². The molecule has 1 amide bonds. The van der Waals surface area contributed by atoms with Crippen molar-refractivity contribution in [3.8, 4) is 11.1 Å². The van der Waals surface area contributed by atoms with Crippen molar-refractivity contribution in [2.24, 2.45) is 7.05 Å². The average molecular weight is 385 g/mol. The lowest BCUT2D eigenvalue weighted by Crippen LogP contribution is -2.15. The van der Waals surface area contributed by atoms with Crippen molar-refractivity contribution < 1.29 is 18.7 Å². The minimum absolute atomic E-state index is 0.162. The zero-order valence-corrected chi connectivity index (χ0v) is 15.8. The molecule has 1 aromatic heterocycles. The fourth-order valence-electron chi connectivity index (χ4n) is 2.93. The largest absolute Gasteiger partial charge is 0.386 e. The Morgan fingerprint density at radius 2 is 1.79 bits per heavy atom. The summed E-state index contributed by atoms with van der Waals surface area (Å²) in [6.07, 6.45) is -1.57. The predicted octanol–water partition coefficient (Wildman–Crippen LogP) is 4.50. The van der Waals surface area contributed by atoms with E-state index < -0.39 is 23.6 Å². The summed E-state index contributed by atoms with van der Waals surface area (Å²) in [5.74, 6) is -0.649. The number of rotatable bonds is 5. The number of halogens is 2. The number of carbonyl (C=O) groups excluding carboxylic acids is 1. The summed E-state index contributed by atoms with van der Waals surface area (Å²) in [5, 5.41) is 16.5. The molecule has 0 aliphatic rings. The Kier molecular flexibility index (Phi) is 5.29. The minimum atomic E-state index is -2.84. The summed E-state index contributed by atoms with van der Waals surface area (Å²) in [6.45, 7) is 3.40. The highest BCUT2D eigenvalue weighted by atomic mass is 19.3. The second-order valence-electron chi connectivity index (χ2n) is 7.04. The number of hydrogen-bond acceptors (Lipinski definition) is 3. The van der Waals surface area contributed by atoms with Crippen molar-refractivity contribution in [1.82, 2.24) is 9.78 Å². The van der Waals surface area contributed by atoms with Crippen molar-refractivity contribution >= 4 is 11.6 Å². The molecule has 7 heteroatoms. The van der Waals surface area contributed by atoms with Crippen LogP contribution < -0.4 is 5.32 Å². The number of hydrogen-bond donors (Lipinski definition) is 2. The van der Waals surface area contributed by atoms with Crippen molar-refractivity contribution in [1.29, 1.82) is 0 Å². The highest BCUT2D eigenvalue weighted by Crippen LogP contribution is 2.31. The molecule has 3 aromatic rings. The van der Waals surface area contributed by atoms with Crippen LogP contribution >= 0.6 is 0 Å². The lowest BCUT2D eigenvalue weighted by molar-refractivity contribution is 0.0786. The third-order valence-electron chi connectivity index (χ3n) is 4.39. The fourth-order valence-corrected chi connectivity index (χ4v) is 2.93. The number of aromatic nitrogens is 2. The maximum atomic E-state index is 13.1. The average Bonchev–Trinajstić information content (AvgIpc) is 3.04. The van der Waals surface area contributed by atoms with E-state index in [9.17, 15) is 18.7 Å². The maximum Gasteiger partial charge on any atom is 0.282 e. The minimum Gasteiger partial charge on any atom is -0.386 e. The molecule has 5 nitrogen and oxygen atoms in total. The number of para-hydroxylation sites is 1. The van der Waals surface area contributed by atoms with Crippen LogP contribution in [0.3, 0.4) is 0 Å². The van der Waals surface area contributed by atoms with E-state index in [1.54, 1.807) is 26.0 Å². The number of aliphatic hydroxyl groups is 1. The SMILES string of the molecule is Cn1cc(C(=O)Nc2ccccc2-c2ccc(C(C)(C)O)cc2)c(C(F)F)n1. The van der Waals surface area contributed by atoms with Gasteiger partial charge in [0.05, 0.1) is 11.2 Å². The van der Waals surface area contributed by atoms with Crippen molar-refractivity contribution in [2.75, 3.05) is 5.32 Å². The molecule has 0 aliphatic heterocycles. The molecule has 0 saturated carbocycles. The van der Waals surface area contributed by atoms with Crippen LogP contribution in [0.25, 0.3) is 11.1 Å². The predicted molar refractivity (Wildman–Crippen MR) is 103 cm³/mol. The van der Waals surface area contributed by atoms with Gasteiger partial charge in [-0.2, -0.15) is 5.10 Å². The molecule has 0 saturated heterocycles. The van der Waals surface area contributed by atoms with E-state index in [0.29, 0.717) is 5.69 Å². The van der Waals surface area contributed by atoms with Gasteiger partial charge in [0.15, 0.2) is 0 Å². The third kappa shape index (κ3) is 4.09. The Morgan fingerprint density at radius 3 is 2.39 bits per heavy atom. The third-order valence-corrected chi connectivity index (χ3v) is 4.39. The molecular weight excluding hydrogens is 364 g/mol. The number of aryl methyl sites for hydroxylation is 1. The first-order valence-electron chi connectivity index (χ1n) is 8.72. The molecule has 0 aliphatic carbocycles. The standard InChI is InChI=1S/C21H21F2N3O2/c1-21(2,28)14-10-8-13(9-11-14)15-6-4-5-7-17(15)24-20(27)16-12-26(3)25-18(16)19(22)23/h4-12,19,28H,1-3H3,(H,24,27).